The van der Waals surface area contributed by atoms with Crippen LogP contribution in [0, 0.1) is 20.8 Å². The molecule has 0 radical (unpaired) electrons. The number of nitrogens with zero attached hydrogens (tertiary/aromatic N) is 1. The normalized spacial score (nSPS) is 10.7. The topological polar surface area (TPSA) is 57.8 Å². The first-order chi connectivity index (χ1) is 10.5. The van der Waals surface area contributed by atoms with Crippen molar-refractivity contribution in [2.45, 2.75) is 20.8 Å². The van der Waals surface area contributed by atoms with Gasteiger partial charge in [0.2, 0.25) is 0 Å². The van der Waals surface area contributed by atoms with Crippen LogP contribution in [0.25, 0.3) is 10.6 Å². The molecule has 2 heterocycles. The fraction of sp³-hybridized carbons (Fsp3) is 0.176. The summed E-state index contributed by atoms with van der Waals surface area (Å²) in [5, 5.41) is 9.98. The van der Waals surface area contributed by atoms with Crippen molar-refractivity contribution in [3.63, 3.8) is 0 Å². The van der Waals surface area contributed by atoms with Crippen LogP contribution in [0.4, 0.5) is 5.82 Å². The van der Waals surface area contributed by atoms with E-state index in [4.69, 9.17) is 0 Å². The van der Waals surface area contributed by atoms with Crippen molar-refractivity contribution in [2.75, 3.05) is 5.32 Å². The minimum atomic E-state index is -0.137. The molecular formula is C17H17N3OS. The maximum Gasteiger partial charge on any atom is 0.257 e. The molecule has 0 unspecified atom stereocenters. The van der Waals surface area contributed by atoms with Crippen molar-refractivity contribution >= 4 is 23.1 Å². The number of hydrogen-bond donors (Lipinski definition) is 2. The molecule has 5 heteroatoms. The molecule has 0 aliphatic heterocycles. The molecule has 0 saturated heterocycles. The first-order valence-electron chi connectivity index (χ1n) is 7.04. The second-order valence-electron chi connectivity index (χ2n) is 5.28. The third-order valence-electron chi connectivity index (χ3n) is 3.67. The van der Waals surface area contributed by atoms with Crippen LogP contribution in [-0.2, 0) is 0 Å². The van der Waals surface area contributed by atoms with E-state index in [1.54, 1.807) is 11.3 Å². The molecule has 3 rings (SSSR count). The highest BCUT2D eigenvalue weighted by molar-refractivity contribution is 7.15. The van der Waals surface area contributed by atoms with Crippen molar-refractivity contribution < 1.29 is 4.79 Å². The number of aromatic nitrogens is 2. The predicted molar refractivity (Wildman–Crippen MR) is 90.5 cm³/mol. The molecule has 2 N–H and O–H groups in total. The van der Waals surface area contributed by atoms with Gasteiger partial charge < -0.3 is 5.32 Å². The number of hydrogen-bond acceptors (Lipinski definition) is 3. The number of amides is 1. The van der Waals surface area contributed by atoms with Gasteiger partial charge in [-0.1, -0.05) is 12.1 Å². The van der Waals surface area contributed by atoms with Gasteiger partial charge in [-0.25, -0.2) is 0 Å². The number of anilines is 1. The fourth-order valence-electron chi connectivity index (χ4n) is 2.27. The molecule has 0 atom stereocenters. The van der Waals surface area contributed by atoms with Gasteiger partial charge in [0.1, 0.15) is 0 Å². The summed E-state index contributed by atoms with van der Waals surface area (Å²) in [6.45, 7) is 6.01. The molecular weight excluding hydrogens is 294 g/mol. The Morgan fingerprint density at radius 3 is 2.73 bits per heavy atom. The van der Waals surface area contributed by atoms with E-state index in [1.165, 1.54) is 4.88 Å². The van der Waals surface area contributed by atoms with E-state index >= 15 is 0 Å². The monoisotopic (exact) mass is 311 g/mol. The summed E-state index contributed by atoms with van der Waals surface area (Å²) in [5.74, 6) is 0.397. The van der Waals surface area contributed by atoms with E-state index in [9.17, 15) is 4.79 Å². The zero-order valence-corrected chi connectivity index (χ0v) is 13.5. The van der Waals surface area contributed by atoms with E-state index in [0.717, 1.165) is 21.7 Å². The summed E-state index contributed by atoms with van der Waals surface area (Å²) in [6.07, 6.45) is 0. The average molecular weight is 311 g/mol. The Bertz CT molecular complexity index is 832. The van der Waals surface area contributed by atoms with E-state index in [0.29, 0.717) is 11.4 Å². The molecule has 0 spiro atoms. The summed E-state index contributed by atoms with van der Waals surface area (Å²) in [6, 6.07) is 11.7. The lowest BCUT2D eigenvalue weighted by atomic mass is 10.0. The number of rotatable bonds is 3. The maximum atomic E-state index is 12.4. The Hall–Kier alpha value is -2.40. The smallest absolute Gasteiger partial charge is 0.257 e. The Morgan fingerprint density at radius 2 is 2.00 bits per heavy atom. The zero-order valence-electron chi connectivity index (χ0n) is 12.7. The van der Waals surface area contributed by atoms with Crippen LogP contribution in [0.2, 0.25) is 0 Å². The summed E-state index contributed by atoms with van der Waals surface area (Å²) >= 11 is 1.69. The second-order valence-corrected chi connectivity index (χ2v) is 6.57. The highest BCUT2D eigenvalue weighted by Crippen LogP contribution is 2.27. The molecule has 2 aromatic heterocycles. The third kappa shape index (κ3) is 2.80. The van der Waals surface area contributed by atoms with Gasteiger partial charge in [-0.15, -0.1) is 11.3 Å². The highest BCUT2D eigenvalue weighted by Gasteiger charge is 2.13. The van der Waals surface area contributed by atoms with Crippen LogP contribution in [0.3, 0.4) is 0 Å². The lowest BCUT2D eigenvalue weighted by Gasteiger charge is -2.07. The van der Waals surface area contributed by atoms with Crippen molar-refractivity contribution in [3.05, 3.63) is 58.0 Å². The number of nitrogens with one attached hydrogen (secondary N) is 2. The van der Waals surface area contributed by atoms with Crippen molar-refractivity contribution in [1.82, 2.24) is 10.2 Å². The van der Waals surface area contributed by atoms with Crippen molar-refractivity contribution in [1.29, 1.82) is 0 Å². The molecule has 112 valence electrons. The molecule has 1 aromatic carbocycles. The molecule has 1 amide bonds. The Kier molecular flexibility index (Phi) is 3.81. The van der Waals surface area contributed by atoms with Crippen LogP contribution in [0.15, 0.2) is 36.4 Å². The molecule has 0 fully saturated rings. The van der Waals surface area contributed by atoms with Crippen molar-refractivity contribution in [3.8, 4) is 10.6 Å². The number of thiophene rings is 1. The Labute approximate surface area is 133 Å². The predicted octanol–water partition coefficient (Wildman–Crippen LogP) is 4.32. The number of aryl methyl sites for hydroxylation is 2. The molecule has 0 aliphatic rings. The van der Waals surface area contributed by atoms with Crippen LogP contribution in [0.5, 0.6) is 0 Å². The molecule has 4 nitrogen and oxygen atoms in total. The lowest BCUT2D eigenvalue weighted by Crippen LogP contribution is -2.14. The minimum Gasteiger partial charge on any atom is -0.305 e. The lowest BCUT2D eigenvalue weighted by molar-refractivity contribution is 0.102. The standard InChI is InChI=1S/C17H17N3OS/c1-10-5-4-6-13(12(10)3)17(21)18-16-9-14(19-20-16)15-8-7-11(2)22-15/h4-9H,1-3H3,(H2,18,19,20,21). The summed E-state index contributed by atoms with van der Waals surface area (Å²) < 4.78 is 0. The summed E-state index contributed by atoms with van der Waals surface area (Å²) in [4.78, 5) is 14.7. The van der Waals surface area contributed by atoms with Gasteiger partial charge >= 0.3 is 0 Å². The Balaban J connectivity index is 1.80. The van der Waals surface area contributed by atoms with E-state index < -0.39 is 0 Å². The molecule has 22 heavy (non-hydrogen) atoms. The van der Waals surface area contributed by atoms with Gasteiger partial charge in [-0.05, 0) is 50.1 Å². The maximum absolute atomic E-state index is 12.4. The summed E-state index contributed by atoms with van der Waals surface area (Å²) in [5.41, 5.74) is 3.68. The van der Waals surface area contributed by atoms with Crippen molar-refractivity contribution in [2.24, 2.45) is 0 Å². The Morgan fingerprint density at radius 1 is 1.18 bits per heavy atom. The van der Waals surface area contributed by atoms with Gasteiger partial charge in [-0.3, -0.25) is 9.89 Å². The largest absolute Gasteiger partial charge is 0.305 e. The van der Waals surface area contributed by atoms with Crippen LogP contribution < -0.4 is 5.32 Å². The molecule has 0 aliphatic carbocycles. The third-order valence-corrected chi connectivity index (χ3v) is 4.71. The molecule has 0 bridgehead atoms. The van der Waals surface area contributed by atoms with Crippen LogP contribution in [0.1, 0.15) is 26.4 Å². The fourth-order valence-corrected chi connectivity index (χ4v) is 3.11. The summed E-state index contributed by atoms with van der Waals surface area (Å²) in [7, 11) is 0. The average Bonchev–Trinajstić information content (AvgIpc) is 3.10. The zero-order chi connectivity index (χ0) is 15.7. The second kappa shape index (κ2) is 5.77. The first kappa shape index (κ1) is 14.5. The van der Waals surface area contributed by atoms with E-state index in [-0.39, 0.29) is 5.91 Å². The van der Waals surface area contributed by atoms with Gasteiger partial charge in [0.15, 0.2) is 5.82 Å². The molecule has 3 aromatic rings. The van der Waals surface area contributed by atoms with Gasteiger partial charge in [0.05, 0.1) is 10.6 Å². The van der Waals surface area contributed by atoms with Gasteiger partial charge in [0.25, 0.3) is 5.91 Å². The first-order valence-corrected chi connectivity index (χ1v) is 7.86. The van der Waals surface area contributed by atoms with E-state index in [1.807, 2.05) is 44.2 Å². The number of benzene rings is 1. The van der Waals surface area contributed by atoms with Gasteiger partial charge in [0, 0.05) is 16.5 Å². The molecule has 0 saturated carbocycles. The number of H-pyrrole nitrogens is 1. The van der Waals surface area contributed by atoms with Gasteiger partial charge in [-0.2, -0.15) is 5.10 Å². The van der Waals surface area contributed by atoms with Crippen LogP contribution >= 0.6 is 11.3 Å². The van der Waals surface area contributed by atoms with E-state index in [2.05, 4.69) is 28.5 Å². The minimum absolute atomic E-state index is 0.137. The number of carbonyl (C=O) groups excluding carboxylic acids is 1. The SMILES string of the molecule is Cc1ccc(-c2cc(NC(=O)c3cccc(C)c3C)n[nH]2)s1. The van der Waals surface area contributed by atoms with Crippen LogP contribution in [-0.4, -0.2) is 16.1 Å². The number of aromatic amines is 1. The number of carbonyl (C=O) groups is 1. The quantitative estimate of drug-likeness (QED) is 0.757. The highest BCUT2D eigenvalue weighted by atomic mass is 32.1.